The molecule has 2 aromatic rings. The van der Waals surface area contributed by atoms with Crippen molar-refractivity contribution in [2.24, 2.45) is 29.6 Å². The number of aliphatic carboxylic acids is 1. The van der Waals surface area contributed by atoms with Crippen LogP contribution in [0.1, 0.15) is 85.7 Å². The summed E-state index contributed by atoms with van der Waals surface area (Å²) in [6.07, 6.45) is -4.05. The molecule has 2 saturated carbocycles. The summed E-state index contributed by atoms with van der Waals surface area (Å²) in [5, 5.41) is 9.70. The molecule has 0 spiro atoms. The van der Waals surface area contributed by atoms with Crippen LogP contribution in [0.4, 0.5) is 26.3 Å². The van der Waals surface area contributed by atoms with Gasteiger partial charge in [-0.15, -0.1) is 0 Å². The van der Waals surface area contributed by atoms with Crippen LogP contribution in [0.2, 0.25) is 0 Å². The fourth-order valence-corrected chi connectivity index (χ4v) is 8.23. The van der Waals surface area contributed by atoms with Crippen LogP contribution in [0.15, 0.2) is 36.4 Å². The van der Waals surface area contributed by atoms with E-state index in [0.717, 1.165) is 55.4 Å². The van der Waals surface area contributed by atoms with Crippen molar-refractivity contribution in [2.75, 3.05) is 13.1 Å². The molecule has 2 aliphatic carbocycles. The number of hydrogen-bond acceptors (Lipinski definition) is 3. The van der Waals surface area contributed by atoms with E-state index < -0.39 is 41.4 Å². The van der Waals surface area contributed by atoms with Gasteiger partial charge in [0.05, 0.1) is 17.0 Å². The van der Waals surface area contributed by atoms with E-state index in [2.05, 4.69) is 6.07 Å². The molecule has 7 atom stereocenters. The summed E-state index contributed by atoms with van der Waals surface area (Å²) in [7, 11) is 0. The number of hydrogen-bond donors (Lipinski definition) is 1. The zero-order valence-corrected chi connectivity index (χ0v) is 24.2. The first kappa shape index (κ1) is 30.3. The number of carboxylic acid groups (broad SMARTS) is 1. The van der Waals surface area contributed by atoms with Crippen LogP contribution in [0.5, 0.6) is 5.75 Å². The molecule has 4 nitrogen and oxygen atoms in total. The van der Waals surface area contributed by atoms with E-state index in [0.29, 0.717) is 37.2 Å². The number of carboxylic acids is 1. The maximum Gasteiger partial charge on any atom is 0.416 e. The maximum atomic E-state index is 13.9. The van der Waals surface area contributed by atoms with Gasteiger partial charge in [-0.2, -0.15) is 26.3 Å². The number of likely N-dealkylation sites (tertiary alicyclic amines) is 1. The number of carbonyl (C=O) groups is 1. The Bertz CT molecular complexity index is 1360. The molecule has 0 amide bonds. The highest BCUT2D eigenvalue weighted by Gasteiger charge is 2.49. The Morgan fingerprint density at radius 3 is 2.16 bits per heavy atom. The Labute approximate surface area is 247 Å². The van der Waals surface area contributed by atoms with E-state index in [-0.39, 0.29) is 35.3 Å². The van der Waals surface area contributed by atoms with Gasteiger partial charge in [-0.25, -0.2) is 0 Å². The molecule has 1 N–H and O–H groups in total. The van der Waals surface area contributed by atoms with Crippen molar-refractivity contribution in [1.82, 2.24) is 4.90 Å². The standard InChI is InChI=1S/C33H37F6NO3/c1-17(31(41)42)29(20-4-5-20)21-6-3-19-9-12-27(43-28(19)13-21)30-22-7-8-23(30)16-40(15-22)18(2)25-14-24(32(34,35)36)10-11-26(25)33(37,38)39/h3,6,10-11,13-14,17-18,20,22-23,27,29-30H,4-5,7-9,12,15-16H2,1-2H3,(H,41,42)/t17?,18?,22-,23+,27?,29?,30?. The third-order valence-corrected chi connectivity index (χ3v) is 10.6. The zero-order chi connectivity index (χ0) is 30.8. The molecule has 0 aromatic heterocycles. The van der Waals surface area contributed by atoms with Crippen LogP contribution in [0.25, 0.3) is 0 Å². The number of piperidine rings is 1. The Morgan fingerprint density at radius 2 is 1.58 bits per heavy atom. The van der Waals surface area contributed by atoms with Gasteiger partial charge in [0, 0.05) is 25.0 Å². The number of rotatable bonds is 7. The molecule has 5 unspecified atom stereocenters. The molecule has 1 saturated heterocycles. The predicted octanol–water partition coefficient (Wildman–Crippen LogP) is 8.35. The SMILES string of the molecule is CC(C(=O)O)C(c1ccc2c(c1)OC(C1[C@@H]3CC[C@H]1CN(C(C)c1cc(C(F)(F)F)ccc1C(F)(F)F)C3)CC2)C1CC1. The molecule has 2 aromatic carbocycles. The predicted molar refractivity (Wildman–Crippen MR) is 148 cm³/mol. The van der Waals surface area contributed by atoms with Gasteiger partial charge in [-0.3, -0.25) is 9.69 Å². The minimum absolute atomic E-state index is 0.0618. The highest BCUT2D eigenvalue weighted by atomic mass is 19.4. The smallest absolute Gasteiger partial charge is 0.416 e. The summed E-state index contributed by atoms with van der Waals surface area (Å²) in [4.78, 5) is 13.7. The lowest BCUT2D eigenvalue weighted by atomic mass is 9.77. The quantitative estimate of drug-likeness (QED) is 0.321. The summed E-state index contributed by atoms with van der Waals surface area (Å²) in [6, 6.07) is 7.02. The fraction of sp³-hybridized carbons (Fsp3) is 0.606. The van der Waals surface area contributed by atoms with Gasteiger partial charge in [0.2, 0.25) is 0 Å². The highest BCUT2D eigenvalue weighted by Crippen LogP contribution is 2.51. The van der Waals surface area contributed by atoms with Crippen LogP contribution >= 0.6 is 0 Å². The first-order valence-electron chi connectivity index (χ1n) is 15.3. The minimum Gasteiger partial charge on any atom is -0.490 e. The molecule has 2 aliphatic heterocycles. The summed E-state index contributed by atoms with van der Waals surface area (Å²) < 4.78 is 88.6. The van der Waals surface area contributed by atoms with E-state index >= 15 is 0 Å². The number of nitrogens with zero attached hydrogens (tertiary/aromatic N) is 1. The van der Waals surface area contributed by atoms with Gasteiger partial charge < -0.3 is 9.84 Å². The third-order valence-electron chi connectivity index (χ3n) is 10.6. The zero-order valence-electron chi connectivity index (χ0n) is 24.2. The van der Waals surface area contributed by atoms with Crippen LogP contribution in [0.3, 0.4) is 0 Å². The van der Waals surface area contributed by atoms with E-state index in [4.69, 9.17) is 4.74 Å². The molecule has 234 valence electrons. The third kappa shape index (κ3) is 5.88. The second kappa shape index (κ2) is 11.0. The van der Waals surface area contributed by atoms with E-state index in [1.54, 1.807) is 13.8 Å². The number of fused-ring (bicyclic) bond motifs is 3. The van der Waals surface area contributed by atoms with E-state index in [9.17, 15) is 36.2 Å². The Morgan fingerprint density at radius 1 is 0.907 bits per heavy atom. The minimum atomic E-state index is -4.76. The second-order valence-corrected chi connectivity index (χ2v) is 13.2. The van der Waals surface area contributed by atoms with E-state index in [1.165, 1.54) is 0 Å². The monoisotopic (exact) mass is 609 g/mol. The molecule has 3 fully saturated rings. The molecule has 6 rings (SSSR count). The van der Waals surface area contributed by atoms with Gasteiger partial charge >= 0.3 is 18.3 Å². The van der Waals surface area contributed by atoms with Crippen molar-refractivity contribution in [1.29, 1.82) is 0 Å². The maximum absolute atomic E-state index is 13.9. The molecule has 4 aliphatic rings. The lowest BCUT2D eigenvalue weighted by Crippen LogP contribution is -2.49. The van der Waals surface area contributed by atoms with Gasteiger partial charge in [-0.1, -0.05) is 19.1 Å². The summed E-state index contributed by atoms with van der Waals surface area (Å²) in [6.45, 7) is 4.34. The highest BCUT2D eigenvalue weighted by molar-refractivity contribution is 5.71. The second-order valence-electron chi connectivity index (χ2n) is 13.2. The van der Waals surface area contributed by atoms with Crippen LogP contribution in [0, 0.1) is 29.6 Å². The number of alkyl halides is 6. The first-order chi connectivity index (χ1) is 20.2. The molecule has 0 radical (unpaired) electrons. The van der Waals surface area contributed by atoms with Gasteiger partial charge in [0.25, 0.3) is 0 Å². The first-order valence-corrected chi connectivity index (χ1v) is 15.3. The van der Waals surface area contributed by atoms with Crippen molar-refractivity contribution >= 4 is 5.97 Å². The lowest BCUT2D eigenvalue weighted by molar-refractivity contribution is -0.142. The molecular weight excluding hydrogens is 572 g/mol. The van der Waals surface area contributed by atoms with Gasteiger partial charge in [0.1, 0.15) is 11.9 Å². The van der Waals surface area contributed by atoms with Crippen molar-refractivity contribution in [3.8, 4) is 5.75 Å². The Balaban J connectivity index is 1.20. The molecular formula is C33H37F6NO3. The average Bonchev–Trinajstić information content (AvgIpc) is 3.74. The van der Waals surface area contributed by atoms with Crippen molar-refractivity contribution in [3.63, 3.8) is 0 Å². The number of halogens is 6. The number of aryl methyl sites for hydroxylation is 1. The Hall–Kier alpha value is -2.75. The van der Waals surface area contributed by atoms with Crippen LogP contribution in [-0.4, -0.2) is 35.2 Å². The summed E-state index contributed by atoms with van der Waals surface area (Å²) >= 11 is 0. The largest absolute Gasteiger partial charge is 0.490 e. The van der Waals surface area contributed by atoms with Crippen LogP contribution in [-0.2, 0) is 23.6 Å². The van der Waals surface area contributed by atoms with Crippen molar-refractivity contribution in [3.05, 3.63) is 64.2 Å². The summed E-state index contributed by atoms with van der Waals surface area (Å²) in [5.74, 6) is 0.336. The average molecular weight is 610 g/mol. The molecule has 43 heavy (non-hydrogen) atoms. The van der Waals surface area contributed by atoms with Gasteiger partial charge in [0.15, 0.2) is 0 Å². The molecule has 10 heteroatoms. The fourth-order valence-electron chi connectivity index (χ4n) is 8.23. The molecule has 2 bridgehead atoms. The van der Waals surface area contributed by atoms with E-state index in [1.807, 2.05) is 17.0 Å². The summed E-state index contributed by atoms with van der Waals surface area (Å²) in [5.41, 5.74) is -0.343. The number of benzene rings is 2. The number of ether oxygens (including phenoxy) is 1. The Kier molecular flexibility index (Phi) is 7.75. The molecule has 2 heterocycles. The normalized spacial score (nSPS) is 28.1. The van der Waals surface area contributed by atoms with Crippen molar-refractivity contribution < 1.29 is 41.0 Å². The topological polar surface area (TPSA) is 49.8 Å². The van der Waals surface area contributed by atoms with Crippen molar-refractivity contribution in [2.45, 2.75) is 82.8 Å². The lowest BCUT2D eigenvalue weighted by Gasteiger charge is -2.45. The van der Waals surface area contributed by atoms with Gasteiger partial charge in [-0.05, 0) is 110 Å². The van der Waals surface area contributed by atoms with Crippen LogP contribution < -0.4 is 4.74 Å².